The van der Waals surface area contributed by atoms with Gasteiger partial charge in [-0.25, -0.2) is 4.79 Å². The number of fused-ring (bicyclic) bond motifs is 1. The molecule has 0 unspecified atom stereocenters. The van der Waals surface area contributed by atoms with Crippen LogP contribution < -0.4 is 27.0 Å². The summed E-state index contributed by atoms with van der Waals surface area (Å²) in [6.07, 6.45) is 2.00. The van der Waals surface area contributed by atoms with Crippen LogP contribution in [0.3, 0.4) is 0 Å². The van der Waals surface area contributed by atoms with Crippen LogP contribution in [0.15, 0.2) is 54.7 Å². The van der Waals surface area contributed by atoms with Gasteiger partial charge in [0.25, 0.3) is 0 Å². The van der Waals surface area contributed by atoms with E-state index in [4.69, 9.17) is 5.73 Å². The Balaban J connectivity index is 1.69. The summed E-state index contributed by atoms with van der Waals surface area (Å²) in [5, 5.41) is 39.8. The van der Waals surface area contributed by atoms with E-state index < -0.39 is 66.4 Å². The number of hydrogen-bond acceptors (Lipinski definition) is 8. The van der Waals surface area contributed by atoms with Crippen LogP contribution in [0.4, 0.5) is 0 Å². The van der Waals surface area contributed by atoms with Crippen LogP contribution in [0.5, 0.6) is 5.75 Å². The molecule has 0 bridgehead atoms. The molecule has 5 atom stereocenters. The Morgan fingerprint density at radius 3 is 2.02 bits per heavy atom. The molecule has 0 radical (unpaired) electrons. The minimum atomic E-state index is -1.45. The fourth-order valence-electron chi connectivity index (χ4n) is 4.82. The van der Waals surface area contributed by atoms with Crippen LogP contribution in [0.25, 0.3) is 10.9 Å². The average Bonchev–Trinajstić information content (AvgIpc) is 3.42. The van der Waals surface area contributed by atoms with Crippen molar-refractivity contribution in [2.45, 2.75) is 70.2 Å². The molecule has 0 saturated carbocycles. The third-order valence-corrected chi connectivity index (χ3v) is 7.35. The lowest BCUT2D eigenvalue weighted by molar-refractivity contribution is -0.142. The van der Waals surface area contributed by atoms with Crippen LogP contribution in [-0.2, 0) is 36.8 Å². The number of nitrogens with two attached hydrogens (primary N) is 1. The van der Waals surface area contributed by atoms with Crippen molar-refractivity contribution in [1.29, 1.82) is 0 Å². The number of aromatic hydroxyl groups is 1. The van der Waals surface area contributed by atoms with E-state index in [0.29, 0.717) is 5.56 Å². The fraction of sp³-hybridized carbons (Fsp3) is 0.406. The van der Waals surface area contributed by atoms with Gasteiger partial charge in [-0.2, -0.15) is 0 Å². The molecule has 1 heterocycles. The number of carboxylic acid groups (broad SMARTS) is 1. The van der Waals surface area contributed by atoms with Gasteiger partial charge >= 0.3 is 5.97 Å². The average molecular weight is 639 g/mol. The molecule has 2 aromatic carbocycles. The first kappa shape index (κ1) is 35.5. The SMILES string of the molecule is CC(C)C[C@H](NC(=O)[C@@H](C)NC(=O)[C@H](Cc1ccc(O)cc1)NC(=O)[C@H](CO)NC(=O)[C@@H](N)Cc1c[nH]c2ccccc12)C(=O)O. The van der Waals surface area contributed by atoms with Crippen molar-refractivity contribution in [3.05, 3.63) is 65.9 Å². The molecule has 3 aromatic rings. The fourth-order valence-corrected chi connectivity index (χ4v) is 4.82. The van der Waals surface area contributed by atoms with E-state index in [1.165, 1.54) is 31.2 Å². The third kappa shape index (κ3) is 10.0. The molecule has 1 aromatic heterocycles. The summed E-state index contributed by atoms with van der Waals surface area (Å²) in [6.45, 7) is 4.19. The highest BCUT2D eigenvalue weighted by Gasteiger charge is 2.31. The molecule has 3 rings (SSSR count). The standard InChI is InChI=1S/C32H42N6O8/c1-17(2)12-26(32(45)46)37-28(41)18(3)35-30(43)25(13-19-8-10-21(40)11-9-19)36-31(44)27(16-39)38-29(42)23(33)14-20-15-34-24-7-5-4-6-22(20)24/h4-11,15,17-18,23,25-27,34,39-40H,12-14,16,33H2,1-3H3,(H,35,43)(H,36,44)(H,37,41)(H,38,42)(H,45,46)/t18-,23+,25+,26+,27+/m1/s1. The van der Waals surface area contributed by atoms with E-state index >= 15 is 0 Å². The predicted octanol–water partition coefficient (Wildman–Crippen LogP) is 0.0681. The molecule has 14 heteroatoms. The largest absolute Gasteiger partial charge is 0.508 e. The van der Waals surface area contributed by atoms with Gasteiger partial charge in [0.1, 0.15) is 29.9 Å². The van der Waals surface area contributed by atoms with Crippen molar-refractivity contribution in [3.63, 3.8) is 0 Å². The number of benzene rings is 2. The van der Waals surface area contributed by atoms with Gasteiger partial charge in [0.15, 0.2) is 0 Å². The van der Waals surface area contributed by atoms with Crippen molar-refractivity contribution in [1.82, 2.24) is 26.3 Å². The van der Waals surface area contributed by atoms with E-state index in [0.717, 1.165) is 16.5 Å². The Morgan fingerprint density at radius 1 is 0.783 bits per heavy atom. The second kappa shape index (κ2) is 16.4. The molecule has 0 saturated heterocycles. The van der Waals surface area contributed by atoms with Crippen molar-refractivity contribution >= 4 is 40.5 Å². The predicted molar refractivity (Wildman–Crippen MR) is 169 cm³/mol. The number of aliphatic carboxylic acids is 1. The smallest absolute Gasteiger partial charge is 0.326 e. The Morgan fingerprint density at radius 2 is 1.39 bits per heavy atom. The number of aromatic amines is 1. The van der Waals surface area contributed by atoms with Gasteiger partial charge < -0.3 is 47.3 Å². The lowest BCUT2D eigenvalue weighted by Crippen LogP contribution is -2.59. The number of nitrogens with one attached hydrogen (secondary N) is 5. The summed E-state index contributed by atoms with van der Waals surface area (Å²) < 4.78 is 0. The summed E-state index contributed by atoms with van der Waals surface area (Å²) in [6, 6.07) is 7.24. The number of hydrogen-bond donors (Lipinski definition) is 9. The van der Waals surface area contributed by atoms with Gasteiger partial charge in [-0.3, -0.25) is 19.2 Å². The van der Waals surface area contributed by atoms with Crippen LogP contribution in [0.1, 0.15) is 38.3 Å². The first-order valence-corrected chi connectivity index (χ1v) is 14.9. The van der Waals surface area contributed by atoms with Gasteiger partial charge in [-0.1, -0.05) is 44.2 Å². The monoisotopic (exact) mass is 638 g/mol. The molecule has 14 nitrogen and oxygen atoms in total. The minimum Gasteiger partial charge on any atom is -0.508 e. The number of carboxylic acids is 1. The number of aliphatic hydroxyl groups excluding tert-OH is 1. The Bertz CT molecular complexity index is 1520. The zero-order valence-corrected chi connectivity index (χ0v) is 25.9. The molecule has 0 aliphatic heterocycles. The first-order valence-electron chi connectivity index (χ1n) is 14.9. The first-order chi connectivity index (χ1) is 21.8. The molecule has 248 valence electrons. The summed E-state index contributed by atoms with van der Waals surface area (Å²) in [5.74, 6) is -4.33. The maximum absolute atomic E-state index is 13.3. The number of aromatic nitrogens is 1. The van der Waals surface area contributed by atoms with E-state index in [-0.39, 0.29) is 30.9 Å². The van der Waals surface area contributed by atoms with Gasteiger partial charge in [0.05, 0.1) is 12.6 Å². The Labute approximate surface area is 266 Å². The van der Waals surface area contributed by atoms with Gasteiger partial charge in [-0.15, -0.1) is 0 Å². The quantitative estimate of drug-likeness (QED) is 0.103. The highest BCUT2D eigenvalue weighted by Crippen LogP contribution is 2.19. The normalized spacial score (nSPS) is 14.5. The Kier molecular flexibility index (Phi) is 12.7. The second-order valence-electron chi connectivity index (χ2n) is 11.6. The lowest BCUT2D eigenvalue weighted by atomic mass is 10.0. The molecule has 0 fully saturated rings. The van der Waals surface area contributed by atoms with Crippen molar-refractivity contribution in [3.8, 4) is 5.75 Å². The third-order valence-electron chi connectivity index (χ3n) is 7.35. The van der Waals surface area contributed by atoms with Crippen molar-refractivity contribution in [2.24, 2.45) is 11.7 Å². The maximum atomic E-state index is 13.3. The van der Waals surface area contributed by atoms with E-state index in [2.05, 4.69) is 26.3 Å². The van der Waals surface area contributed by atoms with Gasteiger partial charge in [0, 0.05) is 23.5 Å². The number of phenols is 1. The molecule has 0 aliphatic rings. The van der Waals surface area contributed by atoms with Crippen molar-refractivity contribution < 1.29 is 39.3 Å². The van der Waals surface area contributed by atoms with Gasteiger partial charge in [-0.05, 0) is 55.0 Å². The number of rotatable bonds is 16. The number of phenolic OH excluding ortho intramolecular Hbond substituents is 1. The molecule has 0 aliphatic carbocycles. The number of para-hydroxylation sites is 1. The van der Waals surface area contributed by atoms with Crippen LogP contribution in [0, 0.1) is 5.92 Å². The molecular formula is C32H42N6O8. The summed E-state index contributed by atoms with van der Waals surface area (Å²) in [4.78, 5) is 66.9. The summed E-state index contributed by atoms with van der Waals surface area (Å²) in [7, 11) is 0. The van der Waals surface area contributed by atoms with Crippen LogP contribution in [0.2, 0.25) is 0 Å². The number of carbonyl (C=O) groups excluding carboxylic acids is 4. The maximum Gasteiger partial charge on any atom is 0.326 e. The number of aliphatic hydroxyl groups is 1. The highest BCUT2D eigenvalue weighted by atomic mass is 16.4. The number of carbonyl (C=O) groups is 5. The number of H-pyrrole nitrogens is 1. The summed E-state index contributed by atoms with van der Waals surface area (Å²) in [5.41, 5.74) is 8.35. The highest BCUT2D eigenvalue weighted by molar-refractivity contribution is 5.95. The van der Waals surface area contributed by atoms with Crippen molar-refractivity contribution in [2.75, 3.05) is 6.61 Å². The number of amides is 4. The second-order valence-corrected chi connectivity index (χ2v) is 11.6. The van der Waals surface area contributed by atoms with Crippen LogP contribution in [-0.4, -0.2) is 86.7 Å². The lowest BCUT2D eigenvalue weighted by Gasteiger charge is -2.25. The minimum absolute atomic E-state index is 0.0134. The van der Waals surface area contributed by atoms with E-state index in [9.17, 15) is 39.3 Å². The van der Waals surface area contributed by atoms with Gasteiger partial charge in [0.2, 0.25) is 23.6 Å². The topological polar surface area (TPSA) is 236 Å². The Hall–Kier alpha value is -4.95. The zero-order chi connectivity index (χ0) is 34.0. The van der Waals surface area contributed by atoms with E-state index in [1.54, 1.807) is 6.20 Å². The molecule has 46 heavy (non-hydrogen) atoms. The zero-order valence-electron chi connectivity index (χ0n) is 25.9. The molecule has 10 N–H and O–H groups in total. The molecular weight excluding hydrogens is 596 g/mol. The summed E-state index contributed by atoms with van der Waals surface area (Å²) >= 11 is 0. The van der Waals surface area contributed by atoms with E-state index in [1.807, 2.05) is 38.1 Å². The molecule has 0 spiro atoms. The van der Waals surface area contributed by atoms with Crippen LogP contribution >= 0.6 is 0 Å². The molecule has 4 amide bonds.